The molecule has 20 heavy (non-hydrogen) atoms. The van der Waals surface area contributed by atoms with E-state index in [-0.39, 0.29) is 5.54 Å². The third kappa shape index (κ3) is 2.64. The van der Waals surface area contributed by atoms with Crippen LogP contribution >= 0.6 is 11.3 Å². The Balaban J connectivity index is 1.71. The van der Waals surface area contributed by atoms with Gasteiger partial charge in [-0.15, -0.1) is 11.3 Å². The molecule has 0 saturated carbocycles. The number of thiazole rings is 1. The van der Waals surface area contributed by atoms with E-state index in [9.17, 15) is 0 Å². The van der Waals surface area contributed by atoms with Gasteiger partial charge in [0, 0.05) is 36.6 Å². The zero-order chi connectivity index (χ0) is 14.2. The molecule has 1 aromatic heterocycles. The minimum Gasteiger partial charge on any atom is -0.329 e. The van der Waals surface area contributed by atoms with E-state index in [2.05, 4.69) is 34.1 Å². The van der Waals surface area contributed by atoms with E-state index in [4.69, 9.17) is 5.73 Å². The molecule has 2 saturated heterocycles. The predicted molar refractivity (Wildman–Crippen MR) is 83.9 cm³/mol. The molecule has 0 aliphatic carbocycles. The molecule has 5 heteroatoms. The third-order valence-corrected chi connectivity index (χ3v) is 6.06. The van der Waals surface area contributed by atoms with Crippen molar-refractivity contribution in [2.75, 3.05) is 26.7 Å². The number of aryl methyl sites for hydroxylation is 1. The summed E-state index contributed by atoms with van der Waals surface area (Å²) < 4.78 is 0. The van der Waals surface area contributed by atoms with Gasteiger partial charge in [-0.05, 0) is 46.2 Å². The Bertz CT molecular complexity index is 460. The molecule has 1 aromatic rings. The van der Waals surface area contributed by atoms with Crippen molar-refractivity contribution >= 4 is 11.3 Å². The first-order valence-electron chi connectivity index (χ1n) is 7.69. The summed E-state index contributed by atoms with van der Waals surface area (Å²) in [4.78, 5) is 9.73. The molecule has 0 radical (unpaired) electrons. The van der Waals surface area contributed by atoms with Gasteiger partial charge in [0.2, 0.25) is 0 Å². The fraction of sp³-hybridized carbons (Fsp3) is 0.800. The number of fused-ring (bicyclic) bond motifs is 1. The maximum Gasteiger partial charge on any atom is 0.0897 e. The van der Waals surface area contributed by atoms with Crippen LogP contribution in [0.5, 0.6) is 0 Å². The first kappa shape index (κ1) is 14.4. The van der Waals surface area contributed by atoms with Crippen LogP contribution in [-0.4, -0.2) is 53.0 Å². The molecule has 0 aromatic carbocycles. The van der Waals surface area contributed by atoms with E-state index in [0.717, 1.165) is 24.1 Å². The first-order chi connectivity index (χ1) is 9.63. The number of piperidine rings is 1. The van der Waals surface area contributed by atoms with Gasteiger partial charge < -0.3 is 10.6 Å². The highest BCUT2D eigenvalue weighted by Crippen LogP contribution is 2.36. The Kier molecular flexibility index (Phi) is 4.13. The van der Waals surface area contributed by atoms with Gasteiger partial charge in [0.25, 0.3) is 0 Å². The molecule has 2 aliphatic rings. The Labute approximate surface area is 126 Å². The smallest absolute Gasteiger partial charge is 0.0897 e. The predicted octanol–water partition coefficient (Wildman–Crippen LogP) is 1.84. The monoisotopic (exact) mass is 294 g/mol. The maximum atomic E-state index is 6.20. The van der Waals surface area contributed by atoms with Crippen LogP contribution in [0.2, 0.25) is 0 Å². The van der Waals surface area contributed by atoms with E-state index in [1.807, 2.05) is 0 Å². The van der Waals surface area contributed by atoms with Gasteiger partial charge in [-0.2, -0.15) is 0 Å². The molecule has 3 rings (SSSR count). The second-order valence-electron chi connectivity index (χ2n) is 6.43. The lowest BCUT2D eigenvalue weighted by molar-refractivity contribution is 0.0214. The van der Waals surface area contributed by atoms with Gasteiger partial charge in [-0.25, -0.2) is 4.98 Å². The highest BCUT2D eigenvalue weighted by atomic mass is 32.1. The van der Waals surface area contributed by atoms with Crippen molar-refractivity contribution in [2.45, 2.75) is 50.7 Å². The molecular weight excluding hydrogens is 268 g/mol. The van der Waals surface area contributed by atoms with Crippen molar-refractivity contribution < 1.29 is 0 Å². The van der Waals surface area contributed by atoms with Gasteiger partial charge in [0.1, 0.15) is 0 Å². The molecule has 4 nitrogen and oxygen atoms in total. The van der Waals surface area contributed by atoms with Crippen LogP contribution in [0.1, 0.15) is 36.4 Å². The van der Waals surface area contributed by atoms with Crippen LogP contribution in [0.4, 0.5) is 0 Å². The second kappa shape index (κ2) is 5.72. The van der Waals surface area contributed by atoms with E-state index in [1.54, 1.807) is 11.3 Å². The quantitative estimate of drug-likeness (QED) is 0.920. The molecule has 2 N–H and O–H groups in total. The third-order valence-electron chi connectivity index (χ3n) is 5.23. The van der Waals surface area contributed by atoms with Crippen LogP contribution < -0.4 is 5.73 Å². The zero-order valence-electron chi connectivity index (χ0n) is 12.6. The lowest BCUT2D eigenvalue weighted by Crippen LogP contribution is -2.59. The van der Waals surface area contributed by atoms with Crippen LogP contribution in [0, 0.1) is 6.92 Å². The largest absolute Gasteiger partial charge is 0.329 e. The summed E-state index contributed by atoms with van der Waals surface area (Å²) in [6.07, 6.45) is 5.13. The molecule has 2 atom stereocenters. The average Bonchev–Trinajstić information content (AvgIpc) is 3.06. The van der Waals surface area contributed by atoms with E-state index < -0.39 is 0 Å². The molecule has 2 aliphatic heterocycles. The highest BCUT2D eigenvalue weighted by molar-refractivity contribution is 7.09. The maximum absolute atomic E-state index is 6.20. The van der Waals surface area contributed by atoms with Gasteiger partial charge >= 0.3 is 0 Å². The summed E-state index contributed by atoms with van der Waals surface area (Å²) in [6.45, 7) is 6.26. The van der Waals surface area contributed by atoms with E-state index in [1.165, 1.54) is 44.5 Å². The van der Waals surface area contributed by atoms with Gasteiger partial charge in [-0.3, -0.25) is 4.90 Å². The number of hydrogen-bond donors (Lipinski definition) is 1. The molecule has 2 unspecified atom stereocenters. The van der Waals surface area contributed by atoms with Crippen molar-refractivity contribution in [1.29, 1.82) is 0 Å². The summed E-state index contributed by atoms with van der Waals surface area (Å²) in [5, 5.41) is 3.33. The lowest BCUT2D eigenvalue weighted by Gasteiger charge is -2.48. The normalized spacial score (nSPS) is 30.9. The molecule has 2 fully saturated rings. The fourth-order valence-electron chi connectivity index (χ4n) is 3.89. The minimum atomic E-state index is 0.170. The van der Waals surface area contributed by atoms with Crippen LogP contribution in [0.15, 0.2) is 5.38 Å². The van der Waals surface area contributed by atoms with Crippen molar-refractivity contribution in [2.24, 2.45) is 5.73 Å². The van der Waals surface area contributed by atoms with Gasteiger partial charge in [0.15, 0.2) is 0 Å². The van der Waals surface area contributed by atoms with Crippen LogP contribution in [0.3, 0.4) is 0 Å². The summed E-state index contributed by atoms with van der Waals surface area (Å²) in [5.41, 5.74) is 7.56. The molecule has 112 valence electrons. The molecule has 0 bridgehead atoms. The minimum absolute atomic E-state index is 0.170. The van der Waals surface area contributed by atoms with Crippen molar-refractivity contribution in [3.63, 3.8) is 0 Å². The van der Waals surface area contributed by atoms with E-state index >= 15 is 0 Å². The number of rotatable bonds is 4. The highest BCUT2D eigenvalue weighted by Gasteiger charge is 2.43. The van der Waals surface area contributed by atoms with Crippen LogP contribution in [-0.2, 0) is 6.54 Å². The number of nitrogens with zero attached hydrogens (tertiary/aromatic N) is 3. The molecule has 3 heterocycles. The summed E-state index contributed by atoms with van der Waals surface area (Å²) >= 11 is 1.74. The number of hydrogen-bond acceptors (Lipinski definition) is 5. The lowest BCUT2D eigenvalue weighted by atomic mass is 9.82. The molecule has 0 amide bonds. The molecule has 0 spiro atoms. The Morgan fingerprint density at radius 2 is 2.40 bits per heavy atom. The Morgan fingerprint density at radius 3 is 3.10 bits per heavy atom. The van der Waals surface area contributed by atoms with Crippen LogP contribution in [0.25, 0.3) is 0 Å². The average molecular weight is 294 g/mol. The standard InChI is InChI=1S/C15H26N4S/c1-12-17-13(10-20-12)9-18(2)15(11-16)5-7-19-6-3-4-14(19)8-15/h10,14H,3-9,11,16H2,1-2H3. The summed E-state index contributed by atoms with van der Waals surface area (Å²) in [5.74, 6) is 0. The van der Waals surface area contributed by atoms with Gasteiger partial charge in [-0.1, -0.05) is 0 Å². The fourth-order valence-corrected chi connectivity index (χ4v) is 4.50. The summed E-state index contributed by atoms with van der Waals surface area (Å²) in [6, 6.07) is 0.756. The number of aromatic nitrogens is 1. The van der Waals surface area contributed by atoms with Crippen molar-refractivity contribution in [1.82, 2.24) is 14.8 Å². The molecular formula is C15H26N4S. The SMILES string of the molecule is Cc1nc(CN(C)C2(CN)CCN3CCCC3C2)cs1. The topological polar surface area (TPSA) is 45.4 Å². The van der Waals surface area contributed by atoms with Gasteiger partial charge in [0.05, 0.1) is 10.7 Å². The Morgan fingerprint density at radius 1 is 1.55 bits per heavy atom. The first-order valence-corrected chi connectivity index (χ1v) is 8.57. The Hall–Kier alpha value is -0.490. The van der Waals surface area contributed by atoms with Crippen molar-refractivity contribution in [3.05, 3.63) is 16.1 Å². The van der Waals surface area contributed by atoms with E-state index in [0.29, 0.717) is 0 Å². The zero-order valence-corrected chi connectivity index (χ0v) is 13.5. The number of likely N-dealkylation sites (N-methyl/N-ethyl adjacent to an activating group) is 1. The summed E-state index contributed by atoms with van der Waals surface area (Å²) in [7, 11) is 2.23. The number of nitrogens with two attached hydrogens (primary N) is 1. The van der Waals surface area contributed by atoms with Crippen molar-refractivity contribution in [3.8, 4) is 0 Å². The second-order valence-corrected chi connectivity index (χ2v) is 7.49.